The van der Waals surface area contributed by atoms with Gasteiger partial charge in [-0.1, -0.05) is 6.92 Å². The minimum atomic E-state index is -0.963. The highest BCUT2D eigenvalue weighted by molar-refractivity contribution is 7.12. The van der Waals surface area contributed by atoms with E-state index in [1.165, 1.54) is 9.75 Å². The standard InChI is InChI=1S/C14H16N2O2S/c1-3-10-5-6-11(19-10)8-15-13-12(14(17)18)7-4-9(2)16-13/h4-7H,3,8H2,1-2H3,(H,15,16)(H,17,18). The number of hydrogen-bond donors (Lipinski definition) is 2. The number of carboxylic acid groups (broad SMARTS) is 1. The highest BCUT2D eigenvalue weighted by Gasteiger charge is 2.11. The number of nitrogens with one attached hydrogen (secondary N) is 1. The Morgan fingerprint density at radius 1 is 1.32 bits per heavy atom. The number of aromatic carboxylic acids is 1. The van der Waals surface area contributed by atoms with E-state index in [-0.39, 0.29) is 5.56 Å². The van der Waals surface area contributed by atoms with E-state index in [0.717, 1.165) is 12.1 Å². The maximum Gasteiger partial charge on any atom is 0.339 e. The van der Waals surface area contributed by atoms with Crippen molar-refractivity contribution < 1.29 is 9.90 Å². The predicted molar refractivity (Wildman–Crippen MR) is 77.0 cm³/mol. The van der Waals surface area contributed by atoms with Gasteiger partial charge in [-0.3, -0.25) is 0 Å². The number of pyridine rings is 1. The topological polar surface area (TPSA) is 62.2 Å². The Hall–Kier alpha value is -1.88. The molecule has 2 N–H and O–H groups in total. The average molecular weight is 276 g/mol. The summed E-state index contributed by atoms with van der Waals surface area (Å²) in [7, 11) is 0. The molecule has 0 saturated heterocycles. The van der Waals surface area contributed by atoms with Crippen molar-refractivity contribution >= 4 is 23.1 Å². The number of rotatable bonds is 5. The van der Waals surface area contributed by atoms with Crippen LogP contribution in [0.15, 0.2) is 24.3 Å². The SMILES string of the molecule is CCc1ccc(CNc2nc(C)ccc2C(=O)O)s1. The second-order valence-corrected chi connectivity index (χ2v) is 5.48. The van der Waals surface area contributed by atoms with Crippen LogP contribution < -0.4 is 5.32 Å². The van der Waals surface area contributed by atoms with Gasteiger partial charge in [0, 0.05) is 15.4 Å². The summed E-state index contributed by atoms with van der Waals surface area (Å²) in [5.41, 5.74) is 1.01. The second kappa shape index (κ2) is 5.84. The van der Waals surface area contributed by atoms with Crippen molar-refractivity contribution in [2.24, 2.45) is 0 Å². The van der Waals surface area contributed by atoms with Crippen molar-refractivity contribution in [3.63, 3.8) is 0 Å². The molecule has 0 unspecified atom stereocenters. The molecule has 5 heteroatoms. The fourth-order valence-electron chi connectivity index (χ4n) is 1.74. The lowest BCUT2D eigenvalue weighted by atomic mass is 10.2. The highest BCUT2D eigenvalue weighted by Crippen LogP contribution is 2.19. The third kappa shape index (κ3) is 3.32. The van der Waals surface area contributed by atoms with Gasteiger partial charge < -0.3 is 10.4 Å². The Balaban J connectivity index is 2.14. The number of anilines is 1. The zero-order chi connectivity index (χ0) is 13.8. The molecule has 2 aromatic heterocycles. The Bertz CT molecular complexity index is 593. The molecule has 0 fully saturated rings. The van der Waals surface area contributed by atoms with Crippen LogP contribution in [0.5, 0.6) is 0 Å². The van der Waals surface area contributed by atoms with Crippen LogP contribution in [0.2, 0.25) is 0 Å². The van der Waals surface area contributed by atoms with Crippen molar-refractivity contribution in [3.05, 3.63) is 45.3 Å². The first-order valence-electron chi connectivity index (χ1n) is 6.12. The van der Waals surface area contributed by atoms with Gasteiger partial charge in [0.2, 0.25) is 0 Å². The van der Waals surface area contributed by atoms with Crippen molar-refractivity contribution in [3.8, 4) is 0 Å². The molecule has 0 atom stereocenters. The van der Waals surface area contributed by atoms with Crippen molar-refractivity contribution in [2.45, 2.75) is 26.8 Å². The van der Waals surface area contributed by atoms with Crippen LogP contribution in [0.25, 0.3) is 0 Å². The summed E-state index contributed by atoms with van der Waals surface area (Å²) in [6.07, 6.45) is 1.02. The number of hydrogen-bond acceptors (Lipinski definition) is 4. The fraction of sp³-hybridized carbons (Fsp3) is 0.286. The summed E-state index contributed by atoms with van der Waals surface area (Å²) in [6.45, 7) is 4.56. The van der Waals surface area contributed by atoms with Crippen LogP contribution >= 0.6 is 11.3 Å². The normalized spacial score (nSPS) is 10.4. The maximum absolute atomic E-state index is 11.1. The van der Waals surface area contributed by atoms with Crippen LogP contribution in [0.1, 0.15) is 32.7 Å². The number of thiophene rings is 1. The van der Waals surface area contributed by atoms with E-state index in [4.69, 9.17) is 5.11 Å². The van der Waals surface area contributed by atoms with Crippen LogP contribution in [-0.2, 0) is 13.0 Å². The number of aryl methyl sites for hydroxylation is 2. The summed E-state index contributed by atoms with van der Waals surface area (Å²) in [5, 5.41) is 12.2. The summed E-state index contributed by atoms with van der Waals surface area (Å²) in [6, 6.07) is 7.45. The van der Waals surface area contributed by atoms with Crippen molar-refractivity contribution in [1.29, 1.82) is 0 Å². The van der Waals surface area contributed by atoms with E-state index >= 15 is 0 Å². The molecule has 0 spiro atoms. The summed E-state index contributed by atoms with van der Waals surface area (Å²) in [4.78, 5) is 17.9. The molecule has 0 aromatic carbocycles. The van der Waals surface area contributed by atoms with Crippen LogP contribution in [0, 0.1) is 6.92 Å². The van der Waals surface area contributed by atoms with Gasteiger partial charge in [0.1, 0.15) is 11.4 Å². The van der Waals surface area contributed by atoms with Crippen molar-refractivity contribution in [2.75, 3.05) is 5.32 Å². The Labute approximate surface area is 116 Å². The van der Waals surface area contributed by atoms with E-state index in [9.17, 15) is 4.79 Å². The van der Waals surface area contributed by atoms with Gasteiger partial charge in [0.25, 0.3) is 0 Å². The first kappa shape index (κ1) is 13.5. The largest absolute Gasteiger partial charge is 0.478 e. The van der Waals surface area contributed by atoms with E-state index in [0.29, 0.717) is 12.4 Å². The van der Waals surface area contributed by atoms with Gasteiger partial charge in [-0.2, -0.15) is 0 Å². The van der Waals surface area contributed by atoms with Gasteiger partial charge in [-0.15, -0.1) is 11.3 Å². The predicted octanol–water partition coefficient (Wildman–Crippen LogP) is 3.32. The number of nitrogens with zero attached hydrogens (tertiary/aromatic N) is 1. The zero-order valence-electron chi connectivity index (χ0n) is 10.9. The second-order valence-electron chi connectivity index (χ2n) is 4.23. The molecule has 2 aromatic rings. The average Bonchev–Trinajstić information content (AvgIpc) is 2.84. The Morgan fingerprint density at radius 2 is 2.05 bits per heavy atom. The molecule has 0 radical (unpaired) electrons. The van der Waals surface area contributed by atoms with E-state index in [2.05, 4.69) is 29.4 Å². The molecule has 19 heavy (non-hydrogen) atoms. The molecule has 2 rings (SSSR count). The molecular weight excluding hydrogens is 260 g/mol. The molecule has 4 nitrogen and oxygen atoms in total. The van der Waals surface area contributed by atoms with Crippen LogP contribution in [0.3, 0.4) is 0 Å². The minimum absolute atomic E-state index is 0.206. The molecule has 2 heterocycles. The van der Waals surface area contributed by atoms with E-state index < -0.39 is 5.97 Å². The first-order valence-corrected chi connectivity index (χ1v) is 6.94. The summed E-state index contributed by atoms with van der Waals surface area (Å²) < 4.78 is 0. The summed E-state index contributed by atoms with van der Waals surface area (Å²) >= 11 is 1.73. The smallest absolute Gasteiger partial charge is 0.339 e. The molecule has 0 saturated carbocycles. The molecule has 100 valence electrons. The van der Waals surface area contributed by atoms with Gasteiger partial charge >= 0.3 is 5.97 Å². The Kier molecular flexibility index (Phi) is 4.16. The zero-order valence-corrected chi connectivity index (χ0v) is 11.8. The van der Waals surface area contributed by atoms with Crippen LogP contribution in [0.4, 0.5) is 5.82 Å². The maximum atomic E-state index is 11.1. The lowest BCUT2D eigenvalue weighted by Gasteiger charge is -2.08. The molecule has 0 aliphatic heterocycles. The van der Waals surface area contributed by atoms with E-state index in [1.54, 1.807) is 23.5 Å². The Morgan fingerprint density at radius 3 is 2.68 bits per heavy atom. The molecule has 0 amide bonds. The number of carbonyl (C=O) groups is 1. The fourth-order valence-corrected chi connectivity index (χ4v) is 2.64. The quantitative estimate of drug-likeness (QED) is 0.879. The molecule has 0 aliphatic rings. The van der Waals surface area contributed by atoms with Gasteiger partial charge in [0.15, 0.2) is 0 Å². The third-order valence-electron chi connectivity index (χ3n) is 2.76. The van der Waals surface area contributed by atoms with Crippen molar-refractivity contribution in [1.82, 2.24) is 4.98 Å². The monoisotopic (exact) mass is 276 g/mol. The highest BCUT2D eigenvalue weighted by atomic mass is 32.1. The van der Waals surface area contributed by atoms with E-state index in [1.807, 2.05) is 6.92 Å². The molecular formula is C14H16N2O2S. The third-order valence-corrected chi connectivity index (χ3v) is 3.99. The summed E-state index contributed by atoms with van der Waals surface area (Å²) in [5.74, 6) is -0.533. The first-order chi connectivity index (χ1) is 9.10. The lowest BCUT2D eigenvalue weighted by molar-refractivity contribution is 0.0697. The number of carboxylic acids is 1. The van der Waals surface area contributed by atoms with Gasteiger partial charge in [-0.05, 0) is 37.6 Å². The number of aromatic nitrogens is 1. The van der Waals surface area contributed by atoms with Crippen LogP contribution in [-0.4, -0.2) is 16.1 Å². The van der Waals surface area contributed by atoms with Gasteiger partial charge in [-0.25, -0.2) is 9.78 Å². The lowest BCUT2D eigenvalue weighted by Crippen LogP contribution is -2.08. The minimum Gasteiger partial charge on any atom is -0.478 e. The molecule has 0 bridgehead atoms. The molecule has 0 aliphatic carbocycles. The van der Waals surface area contributed by atoms with Gasteiger partial charge in [0.05, 0.1) is 6.54 Å².